The van der Waals surface area contributed by atoms with Gasteiger partial charge in [0.1, 0.15) is 5.82 Å². The molecule has 6 heteroatoms. The van der Waals surface area contributed by atoms with E-state index in [-0.39, 0.29) is 17.4 Å². The summed E-state index contributed by atoms with van der Waals surface area (Å²) in [5, 5.41) is 19.4. The van der Waals surface area contributed by atoms with Crippen LogP contribution in [0.5, 0.6) is 11.6 Å². The SMILES string of the molecule is Cn1cc(-c2cnc(Cc3ccc(F)cc3)cn2)c(O)c1O. The molecule has 22 heavy (non-hydrogen) atoms. The third kappa shape index (κ3) is 2.63. The summed E-state index contributed by atoms with van der Waals surface area (Å²) in [6, 6.07) is 6.21. The molecule has 2 aromatic heterocycles. The van der Waals surface area contributed by atoms with Crippen LogP contribution in [0.4, 0.5) is 4.39 Å². The number of benzene rings is 1. The topological polar surface area (TPSA) is 71.2 Å². The Kier molecular flexibility index (Phi) is 3.50. The molecule has 0 saturated carbocycles. The summed E-state index contributed by atoms with van der Waals surface area (Å²) in [5.41, 5.74) is 2.55. The lowest BCUT2D eigenvalue weighted by Gasteiger charge is -2.03. The fourth-order valence-electron chi connectivity index (χ4n) is 2.19. The molecule has 3 rings (SSSR count). The molecule has 0 aliphatic carbocycles. The fourth-order valence-corrected chi connectivity index (χ4v) is 2.19. The molecule has 112 valence electrons. The van der Waals surface area contributed by atoms with Crippen molar-refractivity contribution in [1.82, 2.24) is 14.5 Å². The Morgan fingerprint density at radius 3 is 2.36 bits per heavy atom. The first-order valence-corrected chi connectivity index (χ1v) is 6.67. The summed E-state index contributed by atoms with van der Waals surface area (Å²) >= 11 is 0. The van der Waals surface area contributed by atoms with Crippen LogP contribution in [0, 0.1) is 5.82 Å². The molecular formula is C16H14FN3O2. The van der Waals surface area contributed by atoms with Crippen LogP contribution < -0.4 is 0 Å². The molecule has 0 aliphatic heterocycles. The minimum Gasteiger partial charge on any atom is -0.503 e. The zero-order valence-corrected chi connectivity index (χ0v) is 11.9. The zero-order valence-electron chi connectivity index (χ0n) is 11.9. The molecular weight excluding hydrogens is 285 g/mol. The highest BCUT2D eigenvalue weighted by molar-refractivity contribution is 5.69. The van der Waals surface area contributed by atoms with E-state index in [4.69, 9.17) is 0 Å². The second kappa shape index (κ2) is 5.48. The van der Waals surface area contributed by atoms with Crippen molar-refractivity contribution in [2.75, 3.05) is 0 Å². The largest absolute Gasteiger partial charge is 0.503 e. The van der Waals surface area contributed by atoms with Crippen LogP contribution in [0.1, 0.15) is 11.3 Å². The number of halogens is 1. The standard InChI is InChI=1S/C16H14FN3O2/c1-20-9-13(15(21)16(20)22)14-8-18-12(7-19-14)6-10-2-4-11(17)5-3-10/h2-5,7-9,21-22H,6H2,1H3. The van der Waals surface area contributed by atoms with Crippen molar-refractivity contribution in [3.8, 4) is 22.9 Å². The molecule has 0 fully saturated rings. The summed E-state index contributed by atoms with van der Waals surface area (Å²) in [4.78, 5) is 8.55. The van der Waals surface area contributed by atoms with Crippen LogP contribution in [-0.2, 0) is 13.5 Å². The first-order chi connectivity index (χ1) is 10.5. The van der Waals surface area contributed by atoms with E-state index < -0.39 is 0 Å². The maximum Gasteiger partial charge on any atom is 0.235 e. The molecule has 5 nitrogen and oxygen atoms in total. The van der Waals surface area contributed by atoms with Crippen LogP contribution in [0.2, 0.25) is 0 Å². The van der Waals surface area contributed by atoms with Gasteiger partial charge in [-0.2, -0.15) is 0 Å². The number of aromatic nitrogens is 3. The quantitative estimate of drug-likeness (QED) is 0.780. The average molecular weight is 299 g/mol. The average Bonchev–Trinajstić information content (AvgIpc) is 2.78. The van der Waals surface area contributed by atoms with Crippen LogP contribution in [0.15, 0.2) is 42.9 Å². The summed E-state index contributed by atoms with van der Waals surface area (Å²) in [7, 11) is 1.62. The molecule has 0 spiro atoms. The van der Waals surface area contributed by atoms with E-state index in [1.807, 2.05) is 0 Å². The Hall–Kier alpha value is -2.89. The van der Waals surface area contributed by atoms with Crippen LogP contribution in [0.25, 0.3) is 11.3 Å². The highest BCUT2D eigenvalue weighted by Crippen LogP contribution is 2.36. The van der Waals surface area contributed by atoms with E-state index in [9.17, 15) is 14.6 Å². The van der Waals surface area contributed by atoms with Gasteiger partial charge in [-0.3, -0.25) is 9.97 Å². The van der Waals surface area contributed by atoms with E-state index in [2.05, 4.69) is 9.97 Å². The molecule has 0 unspecified atom stereocenters. The number of hydrogen-bond donors (Lipinski definition) is 2. The molecule has 0 bridgehead atoms. The molecule has 0 atom stereocenters. The van der Waals surface area contributed by atoms with Gasteiger partial charge in [-0.25, -0.2) is 4.39 Å². The van der Waals surface area contributed by atoms with Gasteiger partial charge in [0.15, 0.2) is 5.75 Å². The van der Waals surface area contributed by atoms with Gasteiger partial charge >= 0.3 is 0 Å². The van der Waals surface area contributed by atoms with Gasteiger partial charge in [0.25, 0.3) is 0 Å². The number of nitrogens with zero attached hydrogens (tertiary/aromatic N) is 3. The third-order valence-electron chi connectivity index (χ3n) is 3.40. The van der Waals surface area contributed by atoms with Gasteiger partial charge in [-0.05, 0) is 17.7 Å². The van der Waals surface area contributed by atoms with Crippen molar-refractivity contribution in [3.05, 3.63) is 59.9 Å². The van der Waals surface area contributed by atoms with E-state index in [0.717, 1.165) is 11.3 Å². The Morgan fingerprint density at radius 1 is 1.09 bits per heavy atom. The van der Waals surface area contributed by atoms with Crippen LogP contribution >= 0.6 is 0 Å². The Morgan fingerprint density at radius 2 is 1.82 bits per heavy atom. The van der Waals surface area contributed by atoms with Gasteiger partial charge < -0.3 is 14.8 Å². The number of hydrogen-bond acceptors (Lipinski definition) is 4. The minimum atomic E-state index is -0.274. The third-order valence-corrected chi connectivity index (χ3v) is 3.40. The van der Waals surface area contributed by atoms with E-state index >= 15 is 0 Å². The lowest BCUT2D eigenvalue weighted by molar-refractivity contribution is 0.381. The zero-order chi connectivity index (χ0) is 15.7. The molecule has 0 aliphatic rings. The summed E-state index contributed by atoms with van der Waals surface area (Å²) in [5.74, 6) is -0.709. The van der Waals surface area contributed by atoms with E-state index in [1.165, 1.54) is 22.9 Å². The molecule has 0 radical (unpaired) electrons. The molecule has 3 aromatic rings. The Balaban J connectivity index is 1.83. The number of aryl methyl sites for hydroxylation is 1. The van der Waals surface area contributed by atoms with Crippen molar-refractivity contribution in [2.24, 2.45) is 7.05 Å². The first kappa shape index (κ1) is 14.1. The molecule has 2 heterocycles. The maximum absolute atomic E-state index is 12.9. The molecule has 2 N–H and O–H groups in total. The molecule has 1 aromatic carbocycles. The normalized spacial score (nSPS) is 10.8. The fraction of sp³-hybridized carbons (Fsp3) is 0.125. The smallest absolute Gasteiger partial charge is 0.235 e. The first-order valence-electron chi connectivity index (χ1n) is 6.67. The lowest BCUT2D eigenvalue weighted by atomic mass is 10.1. The van der Waals surface area contributed by atoms with Gasteiger partial charge in [0.05, 0.1) is 23.1 Å². The second-order valence-electron chi connectivity index (χ2n) is 5.02. The summed E-state index contributed by atoms with van der Waals surface area (Å²) in [6.07, 6.45) is 5.25. The summed E-state index contributed by atoms with van der Waals surface area (Å²) in [6.45, 7) is 0. The minimum absolute atomic E-state index is 0.216. The van der Waals surface area contributed by atoms with Gasteiger partial charge in [0.2, 0.25) is 5.88 Å². The van der Waals surface area contributed by atoms with Crippen molar-refractivity contribution in [3.63, 3.8) is 0 Å². The second-order valence-corrected chi connectivity index (χ2v) is 5.02. The lowest BCUT2D eigenvalue weighted by Crippen LogP contribution is -1.95. The van der Waals surface area contributed by atoms with Crippen LogP contribution in [0.3, 0.4) is 0 Å². The van der Waals surface area contributed by atoms with Crippen molar-refractivity contribution >= 4 is 0 Å². The monoisotopic (exact) mass is 299 g/mol. The predicted octanol–water partition coefficient (Wildman–Crippen LogP) is 2.62. The Bertz CT molecular complexity index is 796. The molecule has 0 amide bonds. The molecule has 0 saturated heterocycles. The van der Waals surface area contributed by atoms with Gasteiger partial charge in [0, 0.05) is 25.9 Å². The highest BCUT2D eigenvalue weighted by Gasteiger charge is 2.15. The number of aromatic hydroxyl groups is 2. The van der Waals surface area contributed by atoms with Crippen LogP contribution in [-0.4, -0.2) is 24.7 Å². The summed E-state index contributed by atoms with van der Waals surface area (Å²) < 4.78 is 14.3. The van der Waals surface area contributed by atoms with E-state index in [0.29, 0.717) is 17.7 Å². The van der Waals surface area contributed by atoms with Crippen molar-refractivity contribution < 1.29 is 14.6 Å². The van der Waals surface area contributed by atoms with E-state index in [1.54, 1.807) is 31.6 Å². The predicted molar refractivity (Wildman–Crippen MR) is 79.0 cm³/mol. The van der Waals surface area contributed by atoms with Crippen molar-refractivity contribution in [1.29, 1.82) is 0 Å². The van der Waals surface area contributed by atoms with Crippen molar-refractivity contribution in [2.45, 2.75) is 6.42 Å². The number of rotatable bonds is 3. The van der Waals surface area contributed by atoms with Gasteiger partial charge in [-0.1, -0.05) is 12.1 Å². The van der Waals surface area contributed by atoms with Gasteiger partial charge in [-0.15, -0.1) is 0 Å². The highest BCUT2D eigenvalue weighted by atomic mass is 19.1. The Labute approximate surface area is 126 Å². The maximum atomic E-state index is 12.9.